The monoisotopic (exact) mass is 263 g/mol. The van der Waals surface area contributed by atoms with Crippen LogP contribution in [0.25, 0.3) is 0 Å². The normalized spacial score (nSPS) is 15.6. The molecule has 1 aliphatic carbocycles. The van der Waals surface area contributed by atoms with Crippen molar-refractivity contribution in [1.29, 1.82) is 0 Å². The average Bonchev–Trinajstić information content (AvgIpc) is 2.89. The lowest BCUT2D eigenvalue weighted by molar-refractivity contribution is 0.100. The highest BCUT2D eigenvalue weighted by Crippen LogP contribution is 2.31. The van der Waals surface area contributed by atoms with E-state index < -0.39 is 5.91 Å². The van der Waals surface area contributed by atoms with Crippen LogP contribution in [0, 0.1) is 0 Å². The van der Waals surface area contributed by atoms with E-state index in [0.717, 1.165) is 18.5 Å². The molecule has 0 atom stereocenters. The summed E-state index contributed by atoms with van der Waals surface area (Å²) in [6, 6.07) is 5.46. The van der Waals surface area contributed by atoms with Crippen LogP contribution in [0.1, 0.15) is 36.0 Å². The third-order valence-electron chi connectivity index (χ3n) is 3.70. The van der Waals surface area contributed by atoms with Crippen molar-refractivity contribution < 1.29 is 9.90 Å². The van der Waals surface area contributed by atoms with Crippen molar-refractivity contribution >= 4 is 17.3 Å². The molecule has 1 saturated carbocycles. The number of nitrogens with zero attached hydrogens (tertiary/aromatic N) is 1. The Labute approximate surface area is 113 Å². The SMILES string of the molecule is NC(=O)c1ccc(N)cc1N(CCO)C1CCCC1. The standard InChI is InChI=1S/C14H21N3O2/c15-10-5-6-12(14(16)19)13(9-10)17(7-8-18)11-3-1-2-4-11/h5-6,9,11,18H,1-4,7-8,15H2,(H2,16,19). The lowest BCUT2D eigenvalue weighted by Crippen LogP contribution is -2.37. The van der Waals surface area contributed by atoms with E-state index in [4.69, 9.17) is 11.5 Å². The Morgan fingerprint density at radius 1 is 1.37 bits per heavy atom. The molecular formula is C14H21N3O2. The Morgan fingerprint density at radius 2 is 2.05 bits per heavy atom. The lowest BCUT2D eigenvalue weighted by atomic mass is 10.1. The number of carbonyl (C=O) groups excluding carboxylic acids is 1. The van der Waals surface area contributed by atoms with Gasteiger partial charge in [-0.05, 0) is 31.0 Å². The maximum Gasteiger partial charge on any atom is 0.250 e. The lowest BCUT2D eigenvalue weighted by Gasteiger charge is -2.32. The highest BCUT2D eigenvalue weighted by molar-refractivity contribution is 5.99. The number of primary amides is 1. The highest BCUT2D eigenvalue weighted by atomic mass is 16.3. The molecule has 0 unspecified atom stereocenters. The molecule has 0 radical (unpaired) electrons. The summed E-state index contributed by atoms with van der Waals surface area (Å²) in [6.45, 7) is 0.540. The molecule has 1 amide bonds. The second kappa shape index (κ2) is 5.93. The molecule has 1 aliphatic rings. The first-order valence-corrected chi connectivity index (χ1v) is 6.70. The maximum atomic E-state index is 11.5. The van der Waals surface area contributed by atoms with Gasteiger partial charge >= 0.3 is 0 Å². The third kappa shape index (κ3) is 2.98. The Bertz CT molecular complexity index is 456. The van der Waals surface area contributed by atoms with Crippen LogP contribution in [-0.4, -0.2) is 30.2 Å². The van der Waals surface area contributed by atoms with E-state index >= 15 is 0 Å². The van der Waals surface area contributed by atoms with Crippen molar-refractivity contribution in [2.45, 2.75) is 31.7 Å². The van der Waals surface area contributed by atoms with Crippen molar-refractivity contribution in [3.8, 4) is 0 Å². The molecule has 0 bridgehead atoms. The molecule has 0 aromatic heterocycles. The molecule has 5 nitrogen and oxygen atoms in total. The highest BCUT2D eigenvalue weighted by Gasteiger charge is 2.25. The van der Waals surface area contributed by atoms with Crippen molar-refractivity contribution in [2.75, 3.05) is 23.8 Å². The molecule has 1 aromatic rings. The minimum atomic E-state index is -0.462. The molecule has 0 saturated heterocycles. The van der Waals surface area contributed by atoms with Gasteiger partial charge in [0.2, 0.25) is 0 Å². The molecule has 1 fully saturated rings. The summed E-state index contributed by atoms with van der Waals surface area (Å²) in [7, 11) is 0. The van der Waals surface area contributed by atoms with Gasteiger partial charge in [-0.2, -0.15) is 0 Å². The third-order valence-corrected chi connectivity index (χ3v) is 3.70. The van der Waals surface area contributed by atoms with Crippen LogP contribution in [0.4, 0.5) is 11.4 Å². The zero-order valence-corrected chi connectivity index (χ0v) is 11.0. The first kappa shape index (κ1) is 13.7. The van der Waals surface area contributed by atoms with E-state index in [1.165, 1.54) is 12.8 Å². The van der Waals surface area contributed by atoms with Crippen molar-refractivity contribution in [2.24, 2.45) is 5.73 Å². The van der Waals surface area contributed by atoms with Gasteiger partial charge in [0, 0.05) is 18.3 Å². The van der Waals surface area contributed by atoms with E-state index in [9.17, 15) is 9.90 Å². The molecule has 0 spiro atoms. The maximum absolute atomic E-state index is 11.5. The summed E-state index contributed by atoms with van der Waals surface area (Å²) in [6.07, 6.45) is 4.52. The molecular weight excluding hydrogens is 242 g/mol. The summed E-state index contributed by atoms with van der Waals surface area (Å²) < 4.78 is 0. The van der Waals surface area contributed by atoms with Crippen LogP contribution in [-0.2, 0) is 0 Å². The van der Waals surface area contributed by atoms with E-state index in [1.54, 1.807) is 18.2 Å². The summed E-state index contributed by atoms with van der Waals surface area (Å²) in [4.78, 5) is 13.6. The van der Waals surface area contributed by atoms with Crippen molar-refractivity contribution in [3.63, 3.8) is 0 Å². The summed E-state index contributed by atoms with van der Waals surface area (Å²) >= 11 is 0. The van der Waals surface area contributed by atoms with Crippen LogP contribution in [0.5, 0.6) is 0 Å². The Balaban J connectivity index is 2.39. The van der Waals surface area contributed by atoms with Gasteiger partial charge in [0.05, 0.1) is 17.9 Å². The van der Waals surface area contributed by atoms with Crippen LogP contribution >= 0.6 is 0 Å². The largest absolute Gasteiger partial charge is 0.399 e. The fraction of sp³-hybridized carbons (Fsp3) is 0.500. The van der Waals surface area contributed by atoms with Gasteiger partial charge in [-0.3, -0.25) is 4.79 Å². The minimum absolute atomic E-state index is 0.0451. The molecule has 2 rings (SSSR count). The molecule has 5 heteroatoms. The van der Waals surface area contributed by atoms with Crippen LogP contribution in [0.15, 0.2) is 18.2 Å². The zero-order valence-electron chi connectivity index (χ0n) is 11.0. The predicted molar refractivity (Wildman–Crippen MR) is 76.1 cm³/mol. The van der Waals surface area contributed by atoms with Crippen LogP contribution in [0.2, 0.25) is 0 Å². The Morgan fingerprint density at radius 3 is 2.63 bits per heavy atom. The first-order valence-electron chi connectivity index (χ1n) is 6.70. The van der Waals surface area contributed by atoms with Gasteiger partial charge in [-0.25, -0.2) is 0 Å². The number of nitrogen functional groups attached to an aromatic ring is 1. The number of nitrogens with two attached hydrogens (primary N) is 2. The van der Waals surface area contributed by atoms with Gasteiger partial charge in [0.15, 0.2) is 0 Å². The van der Waals surface area contributed by atoms with Crippen LogP contribution < -0.4 is 16.4 Å². The smallest absolute Gasteiger partial charge is 0.250 e. The number of aliphatic hydroxyl groups excluding tert-OH is 1. The molecule has 1 aromatic carbocycles. The van der Waals surface area contributed by atoms with E-state index in [1.807, 2.05) is 0 Å². The number of amides is 1. The fourth-order valence-electron chi connectivity index (χ4n) is 2.82. The van der Waals surface area contributed by atoms with Gasteiger partial charge in [-0.1, -0.05) is 12.8 Å². The Hall–Kier alpha value is -1.75. The van der Waals surface area contributed by atoms with E-state index in [0.29, 0.717) is 23.8 Å². The van der Waals surface area contributed by atoms with Crippen LogP contribution in [0.3, 0.4) is 0 Å². The number of rotatable bonds is 5. The predicted octanol–water partition coefficient (Wildman–Crippen LogP) is 1.11. The molecule has 0 heterocycles. The number of anilines is 2. The Kier molecular flexibility index (Phi) is 4.27. The van der Waals surface area contributed by atoms with E-state index in [-0.39, 0.29) is 6.61 Å². The zero-order chi connectivity index (χ0) is 13.8. The topological polar surface area (TPSA) is 92.6 Å². The van der Waals surface area contributed by atoms with Crippen molar-refractivity contribution in [1.82, 2.24) is 0 Å². The summed E-state index contributed by atoms with van der Waals surface area (Å²) in [5.74, 6) is -0.462. The summed E-state index contributed by atoms with van der Waals surface area (Å²) in [5.41, 5.74) is 13.1. The molecule has 19 heavy (non-hydrogen) atoms. The van der Waals surface area contributed by atoms with Gasteiger partial charge < -0.3 is 21.5 Å². The second-order valence-electron chi connectivity index (χ2n) is 5.00. The number of hydrogen-bond donors (Lipinski definition) is 3. The number of hydrogen-bond acceptors (Lipinski definition) is 4. The average molecular weight is 263 g/mol. The number of carbonyl (C=O) groups is 1. The summed E-state index contributed by atoms with van der Waals surface area (Å²) in [5, 5.41) is 9.27. The molecule has 5 N–H and O–H groups in total. The number of benzene rings is 1. The molecule has 0 aliphatic heterocycles. The van der Waals surface area contributed by atoms with Gasteiger partial charge in [0.25, 0.3) is 5.91 Å². The van der Waals surface area contributed by atoms with E-state index in [2.05, 4.69) is 4.90 Å². The number of aliphatic hydroxyl groups is 1. The van der Waals surface area contributed by atoms with Crippen molar-refractivity contribution in [3.05, 3.63) is 23.8 Å². The quantitative estimate of drug-likeness (QED) is 0.694. The fourth-order valence-corrected chi connectivity index (χ4v) is 2.82. The molecule has 104 valence electrons. The van der Waals surface area contributed by atoms with Gasteiger partial charge in [0.1, 0.15) is 0 Å². The first-order chi connectivity index (χ1) is 9.13. The van der Waals surface area contributed by atoms with Gasteiger partial charge in [-0.15, -0.1) is 0 Å². The second-order valence-corrected chi connectivity index (χ2v) is 5.00. The minimum Gasteiger partial charge on any atom is -0.399 e.